The second kappa shape index (κ2) is 6.90. The van der Waals surface area contributed by atoms with Gasteiger partial charge < -0.3 is 5.32 Å². The molecule has 0 bridgehead atoms. The molecular formula is C18H20BrNO. The van der Waals surface area contributed by atoms with Crippen molar-refractivity contribution >= 4 is 21.8 Å². The van der Waals surface area contributed by atoms with Crippen molar-refractivity contribution in [3.05, 3.63) is 70.2 Å². The summed E-state index contributed by atoms with van der Waals surface area (Å²) in [5, 5.41) is 3.04. The maximum Gasteiger partial charge on any atom is 0.224 e. The topological polar surface area (TPSA) is 29.1 Å². The van der Waals surface area contributed by atoms with E-state index in [9.17, 15) is 4.79 Å². The molecule has 2 nitrogen and oxygen atoms in total. The predicted octanol–water partition coefficient (Wildman–Crippen LogP) is 4.09. The van der Waals surface area contributed by atoms with E-state index in [-0.39, 0.29) is 11.3 Å². The zero-order valence-electron chi connectivity index (χ0n) is 12.4. The molecule has 0 atom stereocenters. The predicted molar refractivity (Wildman–Crippen MR) is 90.3 cm³/mol. The van der Waals surface area contributed by atoms with Crippen LogP contribution < -0.4 is 5.32 Å². The number of hydrogen-bond acceptors (Lipinski definition) is 1. The summed E-state index contributed by atoms with van der Waals surface area (Å²) in [6, 6.07) is 18.1. The van der Waals surface area contributed by atoms with Gasteiger partial charge in [0.2, 0.25) is 5.91 Å². The lowest BCUT2D eigenvalue weighted by molar-refractivity contribution is -0.120. The smallest absolute Gasteiger partial charge is 0.224 e. The van der Waals surface area contributed by atoms with E-state index in [4.69, 9.17) is 0 Å². The van der Waals surface area contributed by atoms with Crippen LogP contribution in [0.5, 0.6) is 0 Å². The molecule has 0 unspecified atom stereocenters. The van der Waals surface area contributed by atoms with Gasteiger partial charge in [-0.3, -0.25) is 4.79 Å². The Bertz CT molecular complexity index is 608. The van der Waals surface area contributed by atoms with E-state index in [0.717, 1.165) is 10.0 Å². The Kier molecular flexibility index (Phi) is 5.18. The number of halogens is 1. The van der Waals surface area contributed by atoms with Crippen LogP contribution in [-0.2, 0) is 16.6 Å². The third kappa shape index (κ3) is 4.71. The molecule has 3 heteroatoms. The normalized spacial score (nSPS) is 11.2. The zero-order valence-corrected chi connectivity index (χ0v) is 14.0. The maximum atomic E-state index is 12.1. The van der Waals surface area contributed by atoms with Crippen molar-refractivity contribution in [2.75, 3.05) is 6.54 Å². The number of benzene rings is 2. The van der Waals surface area contributed by atoms with E-state index in [2.05, 4.69) is 47.2 Å². The molecule has 2 aromatic carbocycles. The molecule has 110 valence electrons. The molecule has 0 aliphatic rings. The number of rotatable bonds is 5. The number of carbonyl (C=O) groups excluding carboxylic acids is 1. The number of carbonyl (C=O) groups is 1. The Balaban J connectivity index is 1.92. The molecule has 0 saturated carbocycles. The minimum atomic E-state index is -0.0752. The SMILES string of the molecule is CC(C)(CNC(=O)Cc1cccc(Br)c1)c1ccccc1. The Hall–Kier alpha value is -1.61. The lowest BCUT2D eigenvalue weighted by Crippen LogP contribution is -2.37. The van der Waals surface area contributed by atoms with Crippen molar-refractivity contribution in [2.24, 2.45) is 0 Å². The van der Waals surface area contributed by atoms with Crippen LogP contribution in [0.3, 0.4) is 0 Å². The van der Waals surface area contributed by atoms with Gasteiger partial charge in [0, 0.05) is 16.4 Å². The lowest BCUT2D eigenvalue weighted by Gasteiger charge is -2.25. The van der Waals surface area contributed by atoms with E-state index < -0.39 is 0 Å². The van der Waals surface area contributed by atoms with Crippen molar-refractivity contribution in [3.63, 3.8) is 0 Å². The van der Waals surface area contributed by atoms with Gasteiger partial charge in [-0.1, -0.05) is 72.2 Å². The molecule has 1 N–H and O–H groups in total. The first-order valence-electron chi connectivity index (χ1n) is 7.04. The van der Waals surface area contributed by atoms with Gasteiger partial charge in [0.15, 0.2) is 0 Å². The van der Waals surface area contributed by atoms with E-state index in [0.29, 0.717) is 13.0 Å². The fraction of sp³-hybridized carbons (Fsp3) is 0.278. The second-order valence-electron chi connectivity index (χ2n) is 5.83. The Morgan fingerprint density at radius 2 is 1.81 bits per heavy atom. The molecule has 0 aliphatic carbocycles. The lowest BCUT2D eigenvalue weighted by atomic mass is 9.84. The fourth-order valence-electron chi connectivity index (χ4n) is 2.21. The first-order valence-corrected chi connectivity index (χ1v) is 7.83. The maximum absolute atomic E-state index is 12.1. The van der Waals surface area contributed by atoms with Crippen molar-refractivity contribution in [1.82, 2.24) is 5.32 Å². The van der Waals surface area contributed by atoms with Crippen LogP contribution in [0.1, 0.15) is 25.0 Å². The van der Waals surface area contributed by atoms with Crippen LogP contribution in [0.4, 0.5) is 0 Å². The highest BCUT2D eigenvalue weighted by atomic mass is 79.9. The summed E-state index contributed by atoms with van der Waals surface area (Å²) in [6.07, 6.45) is 0.407. The van der Waals surface area contributed by atoms with E-state index in [1.54, 1.807) is 0 Å². The molecule has 0 aromatic heterocycles. The summed E-state index contributed by atoms with van der Waals surface area (Å²) >= 11 is 3.42. The van der Waals surface area contributed by atoms with Crippen molar-refractivity contribution in [2.45, 2.75) is 25.7 Å². The number of hydrogen-bond donors (Lipinski definition) is 1. The third-order valence-electron chi connectivity index (χ3n) is 3.54. The fourth-order valence-corrected chi connectivity index (χ4v) is 2.65. The monoisotopic (exact) mass is 345 g/mol. The molecule has 0 heterocycles. The molecule has 0 fully saturated rings. The van der Waals surface area contributed by atoms with Gasteiger partial charge in [-0.05, 0) is 23.3 Å². The molecule has 0 spiro atoms. The summed E-state index contributed by atoms with van der Waals surface area (Å²) in [6.45, 7) is 4.91. The van der Waals surface area contributed by atoms with Crippen LogP contribution in [0.25, 0.3) is 0 Å². The summed E-state index contributed by atoms with van der Waals surface area (Å²) < 4.78 is 0.998. The van der Waals surface area contributed by atoms with E-state index in [1.165, 1.54) is 5.56 Å². The van der Waals surface area contributed by atoms with Crippen LogP contribution in [0.15, 0.2) is 59.1 Å². The van der Waals surface area contributed by atoms with E-state index in [1.807, 2.05) is 42.5 Å². The Morgan fingerprint density at radius 1 is 1.10 bits per heavy atom. The van der Waals surface area contributed by atoms with Crippen LogP contribution in [0.2, 0.25) is 0 Å². The van der Waals surface area contributed by atoms with Crippen LogP contribution in [-0.4, -0.2) is 12.5 Å². The average molecular weight is 346 g/mol. The summed E-state index contributed by atoms with van der Waals surface area (Å²) in [5.41, 5.74) is 2.17. The molecule has 2 aromatic rings. The van der Waals surface area contributed by atoms with Crippen molar-refractivity contribution in [3.8, 4) is 0 Å². The van der Waals surface area contributed by atoms with Gasteiger partial charge in [-0.2, -0.15) is 0 Å². The number of amides is 1. The second-order valence-corrected chi connectivity index (χ2v) is 6.75. The summed E-state index contributed by atoms with van der Waals surface area (Å²) in [5.74, 6) is 0.0529. The van der Waals surface area contributed by atoms with Gasteiger partial charge in [-0.25, -0.2) is 0 Å². The molecular weight excluding hydrogens is 326 g/mol. The minimum Gasteiger partial charge on any atom is -0.355 e. The van der Waals surface area contributed by atoms with Gasteiger partial charge >= 0.3 is 0 Å². The largest absolute Gasteiger partial charge is 0.355 e. The highest BCUT2D eigenvalue weighted by Crippen LogP contribution is 2.21. The first-order chi connectivity index (χ1) is 9.97. The van der Waals surface area contributed by atoms with Gasteiger partial charge in [0.25, 0.3) is 0 Å². The first kappa shape index (κ1) is 15.8. The van der Waals surface area contributed by atoms with Crippen molar-refractivity contribution in [1.29, 1.82) is 0 Å². The summed E-state index contributed by atoms with van der Waals surface area (Å²) in [7, 11) is 0. The summed E-state index contributed by atoms with van der Waals surface area (Å²) in [4.78, 5) is 12.1. The van der Waals surface area contributed by atoms with Gasteiger partial charge in [-0.15, -0.1) is 0 Å². The minimum absolute atomic E-state index is 0.0529. The molecule has 0 saturated heterocycles. The zero-order chi connectivity index (χ0) is 15.3. The van der Waals surface area contributed by atoms with Crippen LogP contribution in [0, 0.1) is 0 Å². The molecule has 0 radical (unpaired) electrons. The molecule has 2 rings (SSSR count). The third-order valence-corrected chi connectivity index (χ3v) is 4.03. The Labute approximate surface area is 134 Å². The molecule has 0 aliphatic heterocycles. The quantitative estimate of drug-likeness (QED) is 0.868. The van der Waals surface area contributed by atoms with Gasteiger partial charge in [0.05, 0.1) is 6.42 Å². The highest BCUT2D eigenvalue weighted by Gasteiger charge is 2.20. The highest BCUT2D eigenvalue weighted by molar-refractivity contribution is 9.10. The molecule has 21 heavy (non-hydrogen) atoms. The molecule has 1 amide bonds. The van der Waals surface area contributed by atoms with E-state index >= 15 is 0 Å². The van der Waals surface area contributed by atoms with Gasteiger partial charge in [0.1, 0.15) is 0 Å². The Morgan fingerprint density at radius 3 is 2.48 bits per heavy atom. The number of nitrogens with one attached hydrogen (secondary N) is 1. The standard InChI is InChI=1S/C18H20BrNO/c1-18(2,15-8-4-3-5-9-15)13-20-17(21)12-14-7-6-10-16(19)11-14/h3-11H,12-13H2,1-2H3,(H,20,21). The van der Waals surface area contributed by atoms with Crippen molar-refractivity contribution < 1.29 is 4.79 Å². The average Bonchev–Trinajstić information content (AvgIpc) is 2.46. The van der Waals surface area contributed by atoms with Crippen LogP contribution >= 0.6 is 15.9 Å².